The maximum absolute atomic E-state index is 11.3. The van der Waals surface area contributed by atoms with Crippen molar-refractivity contribution in [2.45, 2.75) is 26.6 Å². The third kappa shape index (κ3) is 2.71. The lowest BCUT2D eigenvalue weighted by Gasteiger charge is -2.07. The van der Waals surface area contributed by atoms with Crippen LogP contribution in [0.4, 0.5) is 0 Å². The molecule has 2 nitrogen and oxygen atoms in total. The van der Waals surface area contributed by atoms with E-state index in [1.165, 1.54) is 7.11 Å². The van der Waals surface area contributed by atoms with Crippen LogP contribution in [-0.4, -0.2) is 21.2 Å². The average molecular weight is 212 g/mol. The summed E-state index contributed by atoms with van der Waals surface area (Å²) in [4.78, 5) is 11.3. The van der Waals surface area contributed by atoms with E-state index in [1.54, 1.807) is 0 Å². The lowest BCUT2D eigenvalue weighted by Crippen LogP contribution is -2.15. The van der Waals surface area contributed by atoms with Gasteiger partial charge in [0.15, 0.2) is 0 Å². The van der Waals surface area contributed by atoms with Gasteiger partial charge in [-0.25, -0.2) is 0 Å². The topological polar surface area (TPSA) is 26.3 Å². The molecule has 0 bridgehead atoms. The smallest absolute Gasteiger partial charge is 0.309 e. The maximum Gasteiger partial charge on any atom is 0.309 e. The van der Waals surface area contributed by atoms with Gasteiger partial charge in [0.05, 0.1) is 21.1 Å². The fourth-order valence-electron chi connectivity index (χ4n) is 1.70. The number of carbonyl (C=O) groups excluding carboxylic acids is 1. The summed E-state index contributed by atoms with van der Waals surface area (Å²) in [5, 5.41) is 0. The summed E-state index contributed by atoms with van der Waals surface area (Å²) >= 11 is 0. The van der Waals surface area contributed by atoms with Crippen LogP contribution in [0.5, 0.6) is 0 Å². The molecule has 0 heterocycles. The van der Waals surface area contributed by atoms with E-state index in [9.17, 15) is 4.79 Å². The van der Waals surface area contributed by atoms with Crippen LogP contribution in [0.2, 0.25) is 19.6 Å². The highest BCUT2D eigenvalue weighted by atomic mass is 28.3. The van der Waals surface area contributed by atoms with E-state index in [0.29, 0.717) is 11.8 Å². The molecule has 0 aromatic rings. The minimum atomic E-state index is -1.12. The average Bonchev–Trinajstić information content (AvgIpc) is 2.71. The van der Waals surface area contributed by atoms with Gasteiger partial charge in [0.1, 0.15) is 0 Å². The number of allylic oxidation sites excluding steroid dienone is 1. The van der Waals surface area contributed by atoms with Crippen molar-refractivity contribution in [3.05, 3.63) is 11.8 Å². The number of esters is 1. The lowest BCUT2D eigenvalue weighted by molar-refractivity contribution is -0.142. The molecule has 1 rings (SSSR count). The molecule has 80 valence electrons. The third-order valence-electron chi connectivity index (χ3n) is 2.74. The van der Waals surface area contributed by atoms with Crippen molar-refractivity contribution in [2.24, 2.45) is 17.8 Å². The Hall–Kier alpha value is -0.573. The molecule has 3 heteroatoms. The summed E-state index contributed by atoms with van der Waals surface area (Å²) in [7, 11) is 0.348. The second kappa shape index (κ2) is 3.89. The van der Waals surface area contributed by atoms with Crippen LogP contribution >= 0.6 is 0 Å². The zero-order valence-corrected chi connectivity index (χ0v) is 10.7. The molecule has 0 amide bonds. The fourth-order valence-corrected chi connectivity index (χ4v) is 2.50. The van der Waals surface area contributed by atoms with Crippen molar-refractivity contribution < 1.29 is 9.53 Å². The van der Waals surface area contributed by atoms with Gasteiger partial charge in [-0.3, -0.25) is 4.79 Å². The highest BCUT2D eigenvalue weighted by Gasteiger charge is 2.50. The van der Waals surface area contributed by atoms with Gasteiger partial charge in [0.25, 0.3) is 0 Å². The lowest BCUT2D eigenvalue weighted by atomic mass is 10.3. The molecule has 0 aromatic carbocycles. The minimum absolute atomic E-state index is 0.0530. The molecular weight excluding hydrogens is 192 g/mol. The second-order valence-corrected chi connectivity index (χ2v) is 10.3. The summed E-state index contributed by atoms with van der Waals surface area (Å²) < 4.78 is 4.75. The molecule has 3 atom stereocenters. The van der Waals surface area contributed by atoms with Crippen LogP contribution in [-0.2, 0) is 9.53 Å². The predicted octanol–water partition coefficient (Wildman–Crippen LogP) is 2.48. The first-order chi connectivity index (χ1) is 6.37. The van der Waals surface area contributed by atoms with Crippen molar-refractivity contribution >= 4 is 14.0 Å². The van der Waals surface area contributed by atoms with Crippen LogP contribution in [0.1, 0.15) is 6.92 Å². The molecule has 0 spiro atoms. The zero-order chi connectivity index (χ0) is 10.9. The summed E-state index contributed by atoms with van der Waals surface area (Å²) in [6, 6.07) is 0. The van der Waals surface area contributed by atoms with Gasteiger partial charge >= 0.3 is 5.97 Å². The Morgan fingerprint density at radius 2 is 1.93 bits per heavy atom. The van der Waals surface area contributed by atoms with Crippen LogP contribution in [0.25, 0.3) is 0 Å². The van der Waals surface area contributed by atoms with E-state index in [0.717, 1.165) is 0 Å². The molecule has 0 unspecified atom stereocenters. The van der Waals surface area contributed by atoms with Gasteiger partial charge in [-0.1, -0.05) is 38.3 Å². The van der Waals surface area contributed by atoms with Crippen LogP contribution < -0.4 is 0 Å². The number of methoxy groups -OCH3 is 1. The van der Waals surface area contributed by atoms with Gasteiger partial charge in [-0.05, 0) is 11.8 Å². The Balaban J connectivity index is 2.51. The molecule has 0 radical (unpaired) electrons. The molecule has 1 aliphatic rings. The molecule has 1 fully saturated rings. The molecular formula is C11H20O2Si. The predicted molar refractivity (Wildman–Crippen MR) is 60.6 cm³/mol. The summed E-state index contributed by atoms with van der Waals surface area (Å²) in [6.07, 6.45) is 2.22. The Labute approximate surface area is 87.3 Å². The van der Waals surface area contributed by atoms with Gasteiger partial charge in [-0.15, -0.1) is 0 Å². The van der Waals surface area contributed by atoms with Crippen LogP contribution in [0, 0.1) is 17.8 Å². The molecule has 0 saturated heterocycles. The number of hydrogen-bond donors (Lipinski definition) is 0. The standard InChI is InChI=1S/C11H20O2Si/c1-8-9(6-7-14(3,4)5)10(8)11(12)13-2/h6-10H,1-5H3/b7-6+/t8-,9+,10+/m1/s1. The number of hydrogen-bond acceptors (Lipinski definition) is 2. The summed E-state index contributed by atoms with van der Waals surface area (Å²) in [5.74, 6) is 0.958. The highest BCUT2D eigenvalue weighted by Crippen LogP contribution is 2.47. The van der Waals surface area contributed by atoms with E-state index in [-0.39, 0.29) is 11.9 Å². The minimum Gasteiger partial charge on any atom is -0.469 e. The van der Waals surface area contributed by atoms with E-state index >= 15 is 0 Å². The van der Waals surface area contributed by atoms with Crippen molar-refractivity contribution in [1.82, 2.24) is 0 Å². The van der Waals surface area contributed by atoms with Crippen LogP contribution in [0.15, 0.2) is 11.8 Å². The normalized spacial score (nSPS) is 31.9. The summed E-state index contributed by atoms with van der Waals surface area (Å²) in [6.45, 7) is 9.00. The molecule has 1 aliphatic carbocycles. The third-order valence-corrected chi connectivity index (χ3v) is 3.93. The van der Waals surface area contributed by atoms with Crippen molar-refractivity contribution in [1.29, 1.82) is 0 Å². The van der Waals surface area contributed by atoms with Crippen LogP contribution in [0.3, 0.4) is 0 Å². The molecule has 0 aromatic heterocycles. The largest absolute Gasteiger partial charge is 0.469 e. The molecule has 0 N–H and O–H groups in total. The molecule has 0 aliphatic heterocycles. The second-order valence-electron chi connectivity index (χ2n) is 5.21. The van der Waals surface area contributed by atoms with E-state index in [1.807, 2.05) is 0 Å². The summed E-state index contributed by atoms with van der Waals surface area (Å²) in [5.41, 5.74) is 2.32. The quantitative estimate of drug-likeness (QED) is 0.530. The van der Waals surface area contributed by atoms with Crippen molar-refractivity contribution in [3.8, 4) is 0 Å². The number of carbonyl (C=O) groups is 1. The maximum atomic E-state index is 11.3. The first kappa shape index (κ1) is 11.5. The van der Waals surface area contributed by atoms with Gasteiger partial charge in [-0.2, -0.15) is 0 Å². The first-order valence-electron chi connectivity index (χ1n) is 5.14. The van der Waals surface area contributed by atoms with E-state index in [4.69, 9.17) is 4.74 Å². The SMILES string of the molecule is COC(=O)[C@H]1[C@H](C)[C@@H]1/C=C/[Si](C)(C)C. The van der Waals surface area contributed by atoms with Gasteiger partial charge in [0.2, 0.25) is 0 Å². The molecule has 14 heavy (non-hydrogen) atoms. The number of rotatable bonds is 3. The molecule has 1 saturated carbocycles. The fraction of sp³-hybridized carbons (Fsp3) is 0.727. The first-order valence-corrected chi connectivity index (χ1v) is 8.72. The Morgan fingerprint density at radius 3 is 2.36 bits per heavy atom. The van der Waals surface area contributed by atoms with Gasteiger partial charge < -0.3 is 4.74 Å². The Morgan fingerprint density at radius 1 is 1.36 bits per heavy atom. The monoisotopic (exact) mass is 212 g/mol. The van der Waals surface area contributed by atoms with Gasteiger partial charge in [0, 0.05) is 0 Å². The van der Waals surface area contributed by atoms with E-state index < -0.39 is 8.07 Å². The van der Waals surface area contributed by atoms with Crippen molar-refractivity contribution in [2.75, 3.05) is 7.11 Å². The zero-order valence-electron chi connectivity index (χ0n) is 9.70. The van der Waals surface area contributed by atoms with Crippen molar-refractivity contribution in [3.63, 3.8) is 0 Å². The number of ether oxygens (including phenoxy) is 1. The van der Waals surface area contributed by atoms with E-state index in [2.05, 4.69) is 38.3 Å². The highest BCUT2D eigenvalue weighted by molar-refractivity contribution is 6.80. The Kier molecular flexibility index (Phi) is 3.19. The Bertz CT molecular complexity index is 253.